The first-order chi connectivity index (χ1) is 16.1. The van der Waals surface area contributed by atoms with Crippen LogP contribution in [0, 0.1) is 13.8 Å². The van der Waals surface area contributed by atoms with Gasteiger partial charge in [0.15, 0.2) is 23.7 Å². The minimum absolute atomic E-state index is 0.0171. The molecule has 0 saturated heterocycles. The summed E-state index contributed by atoms with van der Waals surface area (Å²) in [5.74, 6) is -0.327. The summed E-state index contributed by atoms with van der Waals surface area (Å²) < 4.78 is 16.3. The maximum absolute atomic E-state index is 12.5. The predicted octanol–water partition coefficient (Wildman–Crippen LogP) is 3.37. The van der Waals surface area contributed by atoms with E-state index in [1.54, 1.807) is 58.2 Å². The molecule has 0 spiro atoms. The summed E-state index contributed by atoms with van der Waals surface area (Å²) in [5, 5.41) is 15.4. The molecular weight excluding hydrogens is 440 g/mol. The third-order valence-corrected chi connectivity index (χ3v) is 5.06. The molecule has 0 aliphatic carbocycles. The van der Waals surface area contributed by atoms with Gasteiger partial charge in [-0.1, -0.05) is 0 Å². The lowest BCUT2D eigenvalue weighted by Gasteiger charge is -2.26. The molecule has 10 nitrogen and oxygen atoms in total. The lowest BCUT2D eigenvalue weighted by atomic mass is 10.0. The summed E-state index contributed by atoms with van der Waals surface area (Å²) in [5.41, 5.74) is 1.51. The number of nitrogens with zero attached hydrogens (tertiary/aromatic N) is 2. The Labute approximate surface area is 197 Å². The maximum atomic E-state index is 12.5. The fourth-order valence-electron chi connectivity index (χ4n) is 3.25. The number of carbonyl (C=O) groups excluding carboxylic acids is 2. The molecule has 2 heterocycles. The molecule has 0 radical (unpaired) electrons. The zero-order valence-electron chi connectivity index (χ0n) is 19.8. The van der Waals surface area contributed by atoms with Crippen LogP contribution in [-0.4, -0.2) is 46.1 Å². The van der Waals surface area contributed by atoms with Crippen molar-refractivity contribution in [1.82, 2.24) is 15.3 Å². The van der Waals surface area contributed by atoms with E-state index < -0.39 is 17.4 Å². The number of methoxy groups -OCH3 is 1. The van der Waals surface area contributed by atoms with Crippen LogP contribution in [0.1, 0.15) is 31.7 Å². The van der Waals surface area contributed by atoms with E-state index in [1.165, 1.54) is 13.5 Å². The van der Waals surface area contributed by atoms with Gasteiger partial charge in [0, 0.05) is 35.5 Å². The van der Waals surface area contributed by atoms with Gasteiger partial charge in [0.2, 0.25) is 0 Å². The van der Waals surface area contributed by atoms with E-state index in [0.29, 0.717) is 40.6 Å². The molecule has 10 heteroatoms. The summed E-state index contributed by atoms with van der Waals surface area (Å²) in [6.45, 7) is 7.26. The highest BCUT2D eigenvalue weighted by atomic mass is 16.5. The molecule has 2 amide bonds. The van der Waals surface area contributed by atoms with Crippen LogP contribution in [0.25, 0.3) is 11.3 Å². The summed E-state index contributed by atoms with van der Waals surface area (Å²) in [6.07, 6.45) is 3.25. The predicted molar refractivity (Wildman–Crippen MR) is 125 cm³/mol. The molecule has 0 unspecified atom stereocenters. The number of hydrogen-bond donors (Lipinski definition) is 3. The van der Waals surface area contributed by atoms with E-state index in [1.807, 2.05) is 0 Å². The molecule has 0 bridgehead atoms. The minimum Gasteiger partial charge on any atom is -0.503 e. The minimum atomic E-state index is -0.818. The maximum Gasteiger partial charge on any atom is 0.313 e. The van der Waals surface area contributed by atoms with Gasteiger partial charge in [-0.2, -0.15) is 0 Å². The molecule has 34 heavy (non-hydrogen) atoms. The first-order valence-electron chi connectivity index (χ1n) is 10.6. The summed E-state index contributed by atoms with van der Waals surface area (Å²) in [7, 11) is 1.49. The Bertz CT molecular complexity index is 1170. The number of pyridine rings is 1. The number of carbonyl (C=O) groups is 2. The molecule has 3 rings (SSSR count). The van der Waals surface area contributed by atoms with Crippen molar-refractivity contribution in [3.63, 3.8) is 0 Å². The van der Waals surface area contributed by atoms with E-state index >= 15 is 0 Å². The lowest BCUT2D eigenvalue weighted by Crippen LogP contribution is -2.48. The van der Waals surface area contributed by atoms with Crippen LogP contribution in [0.4, 0.5) is 5.69 Å². The molecule has 3 N–H and O–H groups in total. The first kappa shape index (κ1) is 24.6. The van der Waals surface area contributed by atoms with Gasteiger partial charge in [-0.25, -0.2) is 4.98 Å². The smallest absolute Gasteiger partial charge is 0.313 e. The van der Waals surface area contributed by atoms with Gasteiger partial charge in [-0.3, -0.25) is 14.6 Å². The molecular formula is C24H28N4O6. The molecule has 1 aromatic carbocycles. The molecule has 0 aliphatic heterocycles. The average molecular weight is 469 g/mol. The molecule has 2 aromatic heterocycles. The van der Waals surface area contributed by atoms with E-state index in [2.05, 4.69) is 20.6 Å². The van der Waals surface area contributed by atoms with Crippen molar-refractivity contribution < 1.29 is 28.6 Å². The highest BCUT2D eigenvalue weighted by Crippen LogP contribution is 2.32. The van der Waals surface area contributed by atoms with Gasteiger partial charge in [-0.15, -0.1) is 0 Å². The Morgan fingerprint density at radius 2 is 1.91 bits per heavy atom. The number of ether oxygens (including phenoxy) is 2. The number of aromatic hydroxyl groups is 1. The topological polar surface area (TPSA) is 136 Å². The third kappa shape index (κ3) is 6.03. The van der Waals surface area contributed by atoms with Gasteiger partial charge >= 0.3 is 11.8 Å². The van der Waals surface area contributed by atoms with Crippen molar-refractivity contribution in [1.29, 1.82) is 0 Å². The number of rotatable bonds is 8. The van der Waals surface area contributed by atoms with Crippen molar-refractivity contribution in [2.45, 2.75) is 39.7 Å². The Morgan fingerprint density at radius 1 is 1.15 bits per heavy atom. The number of aromatic nitrogens is 2. The highest BCUT2D eigenvalue weighted by molar-refractivity contribution is 6.39. The standard InChI is InChI=1S/C24H28N4O6/c1-14-10-19(21(29)15(2)26-14)33-9-8-24(3,4)28-23(31)22(30)27-16-6-7-17(18(11-16)32-5)20-12-25-13-34-20/h6-7,10-13,29H,8-9H2,1-5H3,(H,27,30)(H,28,31). The van der Waals surface area contributed by atoms with E-state index in [-0.39, 0.29) is 12.4 Å². The molecule has 0 aliphatic rings. The van der Waals surface area contributed by atoms with E-state index in [4.69, 9.17) is 13.9 Å². The number of oxazole rings is 1. The van der Waals surface area contributed by atoms with Crippen LogP contribution in [0.2, 0.25) is 0 Å². The van der Waals surface area contributed by atoms with Crippen molar-refractivity contribution in [3.8, 4) is 28.6 Å². The fourth-order valence-corrected chi connectivity index (χ4v) is 3.25. The van der Waals surface area contributed by atoms with Gasteiger partial charge in [-0.05, 0) is 39.8 Å². The van der Waals surface area contributed by atoms with Crippen LogP contribution in [-0.2, 0) is 9.59 Å². The summed E-state index contributed by atoms with van der Waals surface area (Å²) >= 11 is 0. The van der Waals surface area contributed by atoms with Gasteiger partial charge in [0.1, 0.15) is 5.75 Å². The van der Waals surface area contributed by atoms with Crippen LogP contribution >= 0.6 is 0 Å². The number of benzene rings is 1. The van der Waals surface area contributed by atoms with Crippen molar-refractivity contribution in [3.05, 3.63) is 48.2 Å². The Morgan fingerprint density at radius 3 is 2.59 bits per heavy atom. The second-order valence-electron chi connectivity index (χ2n) is 8.37. The number of amides is 2. The van der Waals surface area contributed by atoms with Crippen LogP contribution in [0.15, 0.2) is 41.3 Å². The van der Waals surface area contributed by atoms with Crippen LogP contribution in [0.3, 0.4) is 0 Å². The number of anilines is 1. The Balaban J connectivity index is 1.56. The molecule has 180 valence electrons. The summed E-state index contributed by atoms with van der Waals surface area (Å²) in [6, 6.07) is 6.57. The number of aryl methyl sites for hydroxylation is 2. The quantitative estimate of drug-likeness (QED) is 0.428. The van der Waals surface area contributed by atoms with E-state index in [9.17, 15) is 14.7 Å². The third-order valence-electron chi connectivity index (χ3n) is 5.06. The highest BCUT2D eigenvalue weighted by Gasteiger charge is 2.25. The SMILES string of the molecule is COc1cc(NC(=O)C(=O)NC(C)(C)CCOc2cc(C)nc(C)c2O)ccc1-c1cnco1. The Kier molecular flexibility index (Phi) is 7.40. The monoisotopic (exact) mass is 468 g/mol. The average Bonchev–Trinajstić information content (AvgIpc) is 3.31. The number of nitrogens with one attached hydrogen (secondary N) is 2. The fraction of sp³-hybridized carbons (Fsp3) is 0.333. The van der Waals surface area contributed by atoms with Crippen molar-refractivity contribution >= 4 is 17.5 Å². The molecule has 3 aromatic rings. The van der Waals surface area contributed by atoms with Gasteiger partial charge in [0.25, 0.3) is 0 Å². The van der Waals surface area contributed by atoms with Crippen LogP contribution in [0.5, 0.6) is 17.2 Å². The second-order valence-corrected chi connectivity index (χ2v) is 8.37. The Hall–Kier alpha value is -4.08. The van der Waals surface area contributed by atoms with Crippen LogP contribution < -0.4 is 20.1 Å². The van der Waals surface area contributed by atoms with Crippen molar-refractivity contribution in [2.24, 2.45) is 0 Å². The van der Waals surface area contributed by atoms with E-state index in [0.717, 1.165) is 5.69 Å². The normalized spacial score (nSPS) is 11.1. The van der Waals surface area contributed by atoms with Gasteiger partial charge < -0.3 is 29.6 Å². The largest absolute Gasteiger partial charge is 0.503 e. The zero-order valence-corrected chi connectivity index (χ0v) is 19.8. The number of hydrogen-bond acceptors (Lipinski definition) is 8. The van der Waals surface area contributed by atoms with Crippen molar-refractivity contribution in [2.75, 3.05) is 19.0 Å². The zero-order chi connectivity index (χ0) is 24.9. The molecule has 0 fully saturated rings. The van der Waals surface area contributed by atoms with Gasteiger partial charge in [0.05, 0.1) is 31.2 Å². The lowest BCUT2D eigenvalue weighted by molar-refractivity contribution is -0.137. The first-order valence-corrected chi connectivity index (χ1v) is 10.6. The second kappa shape index (κ2) is 10.2. The molecule has 0 saturated carbocycles. The molecule has 0 atom stereocenters. The summed E-state index contributed by atoms with van der Waals surface area (Å²) in [4.78, 5) is 33.0.